The van der Waals surface area contributed by atoms with Gasteiger partial charge in [-0.15, -0.1) is 0 Å². The molecule has 0 spiro atoms. The van der Waals surface area contributed by atoms with Gasteiger partial charge in [-0.1, -0.05) is 29.8 Å². The number of esters is 1. The highest BCUT2D eigenvalue weighted by Crippen LogP contribution is 2.22. The Balaban J connectivity index is 1.48. The molecule has 30 heavy (non-hydrogen) atoms. The van der Waals surface area contributed by atoms with Crippen molar-refractivity contribution >= 4 is 29.7 Å². The van der Waals surface area contributed by atoms with Crippen LogP contribution in [0.25, 0.3) is 0 Å². The van der Waals surface area contributed by atoms with Crippen molar-refractivity contribution in [2.45, 2.75) is 0 Å². The number of nitrogens with zero attached hydrogens (tertiary/aromatic N) is 1. The third kappa shape index (κ3) is 6.15. The SMILES string of the molecule is O=C(COc1ccccc1Cl)NN=Cc1ccc(OC(=O)c2cccc(F)c2)cc1. The summed E-state index contributed by atoms with van der Waals surface area (Å²) in [5.41, 5.74) is 3.11. The molecule has 0 heterocycles. The maximum absolute atomic E-state index is 13.2. The fourth-order valence-corrected chi connectivity index (χ4v) is 2.51. The minimum absolute atomic E-state index is 0.113. The van der Waals surface area contributed by atoms with Crippen molar-refractivity contribution in [2.24, 2.45) is 5.10 Å². The van der Waals surface area contributed by atoms with E-state index in [2.05, 4.69) is 10.5 Å². The Morgan fingerprint density at radius 2 is 1.80 bits per heavy atom. The van der Waals surface area contributed by atoms with Gasteiger partial charge in [0.25, 0.3) is 5.91 Å². The maximum atomic E-state index is 13.2. The van der Waals surface area contributed by atoms with Crippen molar-refractivity contribution in [3.05, 3.63) is 94.8 Å². The normalized spacial score (nSPS) is 10.6. The predicted molar refractivity (Wildman–Crippen MR) is 110 cm³/mol. The summed E-state index contributed by atoms with van der Waals surface area (Å²) in [6, 6.07) is 18.4. The first-order chi connectivity index (χ1) is 14.5. The van der Waals surface area contributed by atoms with Gasteiger partial charge in [0.05, 0.1) is 16.8 Å². The molecule has 6 nitrogen and oxygen atoms in total. The fraction of sp³-hybridized carbons (Fsp3) is 0.0455. The third-order valence-corrected chi connectivity index (χ3v) is 4.06. The molecule has 0 unspecified atom stereocenters. The van der Waals surface area contributed by atoms with Crippen LogP contribution in [0.2, 0.25) is 5.02 Å². The Hall–Kier alpha value is -3.71. The van der Waals surface area contributed by atoms with Crippen LogP contribution >= 0.6 is 11.6 Å². The first-order valence-electron chi connectivity index (χ1n) is 8.78. The molecule has 1 amide bonds. The van der Waals surface area contributed by atoms with E-state index in [1.165, 1.54) is 24.4 Å². The number of amides is 1. The molecule has 0 saturated heterocycles. The van der Waals surface area contributed by atoms with Crippen molar-refractivity contribution in [3.8, 4) is 11.5 Å². The Morgan fingerprint density at radius 3 is 2.53 bits per heavy atom. The highest BCUT2D eigenvalue weighted by atomic mass is 35.5. The van der Waals surface area contributed by atoms with Gasteiger partial charge in [0.15, 0.2) is 6.61 Å². The van der Waals surface area contributed by atoms with Gasteiger partial charge in [0.1, 0.15) is 17.3 Å². The second kappa shape index (κ2) is 10.2. The highest BCUT2D eigenvalue weighted by molar-refractivity contribution is 6.32. The predicted octanol–water partition coefficient (Wildman–Crippen LogP) is 4.23. The second-order valence-electron chi connectivity index (χ2n) is 5.98. The van der Waals surface area contributed by atoms with E-state index in [0.717, 1.165) is 6.07 Å². The molecular weight excluding hydrogens is 411 g/mol. The molecule has 0 aliphatic carbocycles. The first kappa shape index (κ1) is 21.0. The highest BCUT2D eigenvalue weighted by Gasteiger charge is 2.09. The molecule has 0 atom stereocenters. The Labute approximate surface area is 176 Å². The van der Waals surface area contributed by atoms with E-state index in [1.54, 1.807) is 48.5 Å². The Bertz CT molecular complexity index is 1070. The molecule has 0 aromatic heterocycles. The summed E-state index contributed by atoms with van der Waals surface area (Å²) in [5, 5.41) is 4.25. The molecule has 1 N–H and O–H groups in total. The van der Waals surface area contributed by atoms with Crippen LogP contribution in [0.5, 0.6) is 11.5 Å². The lowest BCUT2D eigenvalue weighted by molar-refractivity contribution is -0.123. The lowest BCUT2D eigenvalue weighted by Gasteiger charge is -2.06. The number of benzene rings is 3. The average molecular weight is 427 g/mol. The number of hydrogen-bond donors (Lipinski definition) is 1. The minimum atomic E-state index is -0.665. The largest absolute Gasteiger partial charge is 0.482 e. The van der Waals surface area contributed by atoms with Gasteiger partial charge in [-0.2, -0.15) is 5.10 Å². The van der Waals surface area contributed by atoms with Gasteiger partial charge >= 0.3 is 5.97 Å². The zero-order valence-corrected chi connectivity index (χ0v) is 16.3. The number of hydrazone groups is 1. The lowest BCUT2D eigenvalue weighted by atomic mass is 10.2. The zero-order valence-electron chi connectivity index (χ0n) is 15.5. The van der Waals surface area contributed by atoms with Gasteiger partial charge in [-0.25, -0.2) is 14.6 Å². The quantitative estimate of drug-likeness (QED) is 0.265. The Morgan fingerprint density at radius 1 is 1.03 bits per heavy atom. The Kier molecular flexibility index (Phi) is 7.13. The molecule has 0 saturated carbocycles. The van der Waals surface area contributed by atoms with Crippen molar-refractivity contribution in [2.75, 3.05) is 6.61 Å². The second-order valence-corrected chi connectivity index (χ2v) is 6.39. The summed E-state index contributed by atoms with van der Waals surface area (Å²) in [4.78, 5) is 23.8. The molecule has 0 radical (unpaired) electrons. The van der Waals surface area contributed by atoms with Crippen molar-refractivity contribution < 1.29 is 23.5 Å². The van der Waals surface area contributed by atoms with E-state index in [0.29, 0.717) is 22.1 Å². The average Bonchev–Trinajstić information content (AvgIpc) is 2.74. The van der Waals surface area contributed by atoms with E-state index in [9.17, 15) is 14.0 Å². The molecule has 0 fully saturated rings. The summed E-state index contributed by atoms with van der Waals surface area (Å²) in [7, 11) is 0. The van der Waals surface area contributed by atoms with Gasteiger partial charge in [-0.05, 0) is 60.2 Å². The molecule has 3 rings (SSSR count). The summed E-state index contributed by atoms with van der Waals surface area (Å²) < 4.78 is 23.7. The smallest absolute Gasteiger partial charge is 0.343 e. The van der Waals surface area contributed by atoms with Crippen molar-refractivity contribution in [3.63, 3.8) is 0 Å². The number of hydrogen-bond acceptors (Lipinski definition) is 5. The lowest BCUT2D eigenvalue weighted by Crippen LogP contribution is -2.24. The molecule has 0 aliphatic rings. The van der Waals surface area contributed by atoms with Gasteiger partial charge < -0.3 is 9.47 Å². The molecule has 3 aromatic carbocycles. The van der Waals surface area contributed by atoms with Crippen LogP contribution in [0.15, 0.2) is 77.9 Å². The van der Waals surface area contributed by atoms with Crippen molar-refractivity contribution in [1.82, 2.24) is 5.43 Å². The van der Waals surface area contributed by atoms with Crippen LogP contribution in [0.3, 0.4) is 0 Å². The molecule has 152 valence electrons. The molecule has 0 aliphatic heterocycles. The molecule has 8 heteroatoms. The number of ether oxygens (including phenoxy) is 2. The molecule has 3 aromatic rings. The van der Waals surface area contributed by atoms with E-state index in [-0.39, 0.29) is 12.2 Å². The van der Waals surface area contributed by atoms with E-state index < -0.39 is 17.7 Å². The van der Waals surface area contributed by atoms with Crippen LogP contribution in [0, 0.1) is 5.82 Å². The molecule has 0 bridgehead atoms. The topological polar surface area (TPSA) is 77.0 Å². The van der Waals surface area contributed by atoms with Crippen LogP contribution in [0.1, 0.15) is 15.9 Å². The van der Waals surface area contributed by atoms with Gasteiger partial charge in [0.2, 0.25) is 0 Å². The minimum Gasteiger partial charge on any atom is -0.482 e. The molecular formula is C22H16ClFN2O4. The summed E-state index contributed by atoms with van der Waals surface area (Å²) >= 11 is 5.94. The van der Waals surface area contributed by atoms with E-state index in [4.69, 9.17) is 21.1 Å². The summed E-state index contributed by atoms with van der Waals surface area (Å²) in [5.74, 6) is -0.941. The van der Waals surface area contributed by atoms with Crippen LogP contribution in [-0.4, -0.2) is 24.7 Å². The van der Waals surface area contributed by atoms with Crippen LogP contribution in [-0.2, 0) is 4.79 Å². The monoisotopic (exact) mass is 426 g/mol. The van der Waals surface area contributed by atoms with Crippen LogP contribution < -0.4 is 14.9 Å². The summed E-state index contributed by atoms with van der Waals surface area (Å²) in [6.07, 6.45) is 1.42. The van der Waals surface area contributed by atoms with Crippen molar-refractivity contribution in [1.29, 1.82) is 0 Å². The number of carbonyl (C=O) groups is 2. The van der Waals surface area contributed by atoms with Gasteiger partial charge in [0, 0.05) is 0 Å². The number of carbonyl (C=O) groups excluding carboxylic acids is 2. The number of nitrogens with one attached hydrogen (secondary N) is 1. The maximum Gasteiger partial charge on any atom is 0.343 e. The number of para-hydroxylation sites is 1. The van der Waals surface area contributed by atoms with E-state index in [1.807, 2.05) is 0 Å². The first-order valence-corrected chi connectivity index (χ1v) is 9.16. The third-order valence-electron chi connectivity index (χ3n) is 3.75. The van der Waals surface area contributed by atoms with Gasteiger partial charge in [-0.3, -0.25) is 4.79 Å². The fourth-order valence-electron chi connectivity index (χ4n) is 2.32. The number of halogens is 2. The number of rotatable bonds is 7. The van der Waals surface area contributed by atoms with E-state index >= 15 is 0 Å². The zero-order chi connectivity index (χ0) is 21.3. The standard InChI is InChI=1S/C22H16ClFN2O4/c23-19-6-1-2-7-20(19)29-14-21(27)26-25-13-15-8-10-18(11-9-15)30-22(28)16-4-3-5-17(24)12-16/h1-13H,14H2,(H,26,27). The summed E-state index contributed by atoms with van der Waals surface area (Å²) in [6.45, 7) is -0.240. The van der Waals surface area contributed by atoms with Crippen LogP contribution in [0.4, 0.5) is 4.39 Å².